The first-order chi connectivity index (χ1) is 10.8. The topological polar surface area (TPSA) is 41.5 Å². The summed E-state index contributed by atoms with van der Waals surface area (Å²) in [7, 11) is 1.48. The number of hydrogen-bond donors (Lipinski definition) is 0. The Kier molecular flexibility index (Phi) is 4.48. The Morgan fingerprint density at radius 2 is 1.86 bits per heavy atom. The predicted molar refractivity (Wildman–Crippen MR) is 82.5 cm³/mol. The monoisotopic (exact) mass is 302 g/mol. The van der Waals surface area contributed by atoms with Gasteiger partial charge in [0, 0.05) is 45.1 Å². The third kappa shape index (κ3) is 3.33. The Morgan fingerprint density at radius 3 is 2.50 bits per heavy atom. The number of methoxy groups -OCH3 is 1. The van der Waals surface area contributed by atoms with Crippen LogP contribution in [0.15, 0.2) is 36.7 Å². The van der Waals surface area contributed by atoms with Gasteiger partial charge < -0.3 is 9.64 Å². The van der Waals surface area contributed by atoms with Crippen molar-refractivity contribution in [2.75, 3.05) is 38.2 Å². The van der Waals surface area contributed by atoms with Crippen molar-refractivity contribution in [3.63, 3.8) is 0 Å². The number of nitrogens with zero attached hydrogens (tertiary/aromatic N) is 4. The number of halogens is 1. The molecule has 1 aromatic carbocycles. The summed E-state index contributed by atoms with van der Waals surface area (Å²) >= 11 is 0. The summed E-state index contributed by atoms with van der Waals surface area (Å²) in [6.45, 7) is 4.31. The molecule has 5 nitrogen and oxygen atoms in total. The van der Waals surface area contributed by atoms with Gasteiger partial charge in [-0.3, -0.25) is 4.90 Å². The SMILES string of the molecule is COc1ccc(CN2CCN(c3ncccn3)CC2)cc1F. The molecule has 0 N–H and O–H groups in total. The third-order valence-electron chi connectivity index (χ3n) is 3.83. The Hall–Kier alpha value is -2.21. The number of piperazine rings is 1. The molecule has 3 rings (SSSR count). The second-order valence-electron chi connectivity index (χ2n) is 5.28. The summed E-state index contributed by atoms with van der Waals surface area (Å²) in [6, 6.07) is 6.96. The van der Waals surface area contributed by atoms with Crippen LogP contribution in [0.2, 0.25) is 0 Å². The van der Waals surface area contributed by atoms with Crippen LogP contribution in [-0.4, -0.2) is 48.2 Å². The van der Waals surface area contributed by atoms with E-state index in [1.165, 1.54) is 7.11 Å². The number of benzene rings is 1. The molecular weight excluding hydrogens is 283 g/mol. The average molecular weight is 302 g/mol. The van der Waals surface area contributed by atoms with Crippen molar-refractivity contribution in [1.82, 2.24) is 14.9 Å². The molecule has 2 heterocycles. The van der Waals surface area contributed by atoms with E-state index in [4.69, 9.17) is 4.74 Å². The molecule has 0 saturated carbocycles. The van der Waals surface area contributed by atoms with E-state index in [2.05, 4.69) is 19.8 Å². The standard InChI is InChI=1S/C16H19FN4O/c1-22-15-4-3-13(11-14(15)17)12-20-7-9-21(10-8-20)16-18-5-2-6-19-16/h2-6,11H,7-10,12H2,1H3. The molecule has 22 heavy (non-hydrogen) atoms. The highest BCUT2D eigenvalue weighted by atomic mass is 19.1. The molecule has 1 aliphatic rings. The van der Waals surface area contributed by atoms with Gasteiger partial charge in [-0.1, -0.05) is 6.07 Å². The number of ether oxygens (including phenoxy) is 1. The molecule has 2 aromatic rings. The van der Waals surface area contributed by atoms with Gasteiger partial charge in [0.05, 0.1) is 7.11 Å². The number of anilines is 1. The van der Waals surface area contributed by atoms with Gasteiger partial charge in [-0.25, -0.2) is 14.4 Å². The Bertz CT molecular complexity index is 615. The van der Waals surface area contributed by atoms with Crippen LogP contribution >= 0.6 is 0 Å². The van der Waals surface area contributed by atoms with Gasteiger partial charge >= 0.3 is 0 Å². The van der Waals surface area contributed by atoms with Crippen LogP contribution in [0.3, 0.4) is 0 Å². The second-order valence-corrected chi connectivity index (χ2v) is 5.28. The van der Waals surface area contributed by atoms with E-state index in [0.717, 1.165) is 44.2 Å². The highest BCUT2D eigenvalue weighted by molar-refractivity contribution is 5.31. The molecule has 6 heteroatoms. The largest absolute Gasteiger partial charge is 0.494 e. The van der Waals surface area contributed by atoms with Gasteiger partial charge in [0.15, 0.2) is 11.6 Å². The molecule has 0 amide bonds. The molecule has 116 valence electrons. The van der Waals surface area contributed by atoms with Crippen molar-refractivity contribution in [2.45, 2.75) is 6.54 Å². The zero-order chi connectivity index (χ0) is 15.4. The fourth-order valence-electron chi connectivity index (χ4n) is 2.63. The fourth-order valence-corrected chi connectivity index (χ4v) is 2.63. The quantitative estimate of drug-likeness (QED) is 0.863. The first-order valence-corrected chi connectivity index (χ1v) is 7.33. The Balaban J connectivity index is 1.57. The summed E-state index contributed by atoms with van der Waals surface area (Å²) in [6.07, 6.45) is 3.52. The molecule has 0 bridgehead atoms. The minimum absolute atomic E-state index is 0.287. The van der Waals surface area contributed by atoms with E-state index < -0.39 is 0 Å². The van der Waals surface area contributed by atoms with E-state index in [1.54, 1.807) is 24.5 Å². The van der Waals surface area contributed by atoms with Crippen molar-refractivity contribution >= 4 is 5.95 Å². The highest BCUT2D eigenvalue weighted by Crippen LogP contribution is 2.19. The fraction of sp³-hybridized carbons (Fsp3) is 0.375. The van der Waals surface area contributed by atoms with Gasteiger partial charge in [0.25, 0.3) is 0 Å². The molecule has 0 atom stereocenters. The van der Waals surface area contributed by atoms with E-state index in [-0.39, 0.29) is 11.6 Å². The van der Waals surface area contributed by atoms with E-state index >= 15 is 0 Å². The number of hydrogen-bond acceptors (Lipinski definition) is 5. The summed E-state index contributed by atoms with van der Waals surface area (Å²) in [5.41, 5.74) is 0.961. The molecule has 1 aromatic heterocycles. The van der Waals surface area contributed by atoms with Crippen molar-refractivity contribution in [3.05, 3.63) is 48.0 Å². The Labute approximate surface area is 129 Å². The first-order valence-electron chi connectivity index (χ1n) is 7.33. The maximum Gasteiger partial charge on any atom is 0.225 e. The lowest BCUT2D eigenvalue weighted by Crippen LogP contribution is -2.46. The van der Waals surface area contributed by atoms with Crippen LogP contribution < -0.4 is 9.64 Å². The lowest BCUT2D eigenvalue weighted by Gasteiger charge is -2.34. The van der Waals surface area contributed by atoms with Crippen LogP contribution in [0.5, 0.6) is 5.75 Å². The third-order valence-corrected chi connectivity index (χ3v) is 3.83. The highest BCUT2D eigenvalue weighted by Gasteiger charge is 2.19. The van der Waals surface area contributed by atoms with Gasteiger partial charge in [-0.2, -0.15) is 0 Å². The van der Waals surface area contributed by atoms with Crippen LogP contribution in [0, 0.1) is 5.82 Å². The molecule has 0 unspecified atom stereocenters. The van der Waals surface area contributed by atoms with Crippen molar-refractivity contribution < 1.29 is 9.13 Å². The van der Waals surface area contributed by atoms with Crippen LogP contribution in [0.4, 0.5) is 10.3 Å². The van der Waals surface area contributed by atoms with Crippen LogP contribution in [-0.2, 0) is 6.54 Å². The predicted octanol–water partition coefficient (Wildman–Crippen LogP) is 1.95. The number of aromatic nitrogens is 2. The Morgan fingerprint density at radius 1 is 1.14 bits per heavy atom. The minimum Gasteiger partial charge on any atom is -0.494 e. The zero-order valence-corrected chi connectivity index (χ0v) is 12.6. The van der Waals surface area contributed by atoms with Crippen LogP contribution in [0.1, 0.15) is 5.56 Å². The average Bonchev–Trinajstić information content (AvgIpc) is 2.57. The molecule has 1 saturated heterocycles. The van der Waals surface area contributed by atoms with E-state index in [9.17, 15) is 4.39 Å². The minimum atomic E-state index is -0.309. The molecule has 1 aliphatic heterocycles. The van der Waals surface area contributed by atoms with Gasteiger partial charge in [0.1, 0.15) is 0 Å². The molecule has 1 fully saturated rings. The first kappa shape index (κ1) is 14.7. The maximum absolute atomic E-state index is 13.7. The zero-order valence-electron chi connectivity index (χ0n) is 12.6. The summed E-state index contributed by atoms with van der Waals surface area (Å²) < 4.78 is 18.7. The van der Waals surface area contributed by atoms with Gasteiger partial charge in [0.2, 0.25) is 5.95 Å². The second kappa shape index (κ2) is 6.70. The van der Waals surface area contributed by atoms with Gasteiger partial charge in [-0.15, -0.1) is 0 Å². The van der Waals surface area contributed by atoms with Crippen molar-refractivity contribution in [1.29, 1.82) is 0 Å². The summed E-state index contributed by atoms with van der Waals surface area (Å²) in [4.78, 5) is 13.0. The lowest BCUT2D eigenvalue weighted by atomic mass is 10.2. The molecule has 0 aliphatic carbocycles. The van der Waals surface area contributed by atoms with Crippen molar-refractivity contribution in [3.8, 4) is 5.75 Å². The number of rotatable bonds is 4. The van der Waals surface area contributed by atoms with Crippen LogP contribution in [0.25, 0.3) is 0 Å². The summed E-state index contributed by atoms with van der Waals surface area (Å²) in [5, 5.41) is 0. The molecule has 0 spiro atoms. The molecular formula is C16H19FN4O. The van der Waals surface area contributed by atoms with Gasteiger partial charge in [-0.05, 0) is 23.8 Å². The normalized spacial score (nSPS) is 15.8. The molecule has 0 radical (unpaired) electrons. The smallest absolute Gasteiger partial charge is 0.225 e. The summed E-state index contributed by atoms with van der Waals surface area (Å²) in [5.74, 6) is 0.753. The van der Waals surface area contributed by atoms with E-state index in [1.807, 2.05) is 12.1 Å². The van der Waals surface area contributed by atoms with Crippen molar-refractivity contribution in [2.24, 2.45) is 0 Å². The maximum atomic E-state index is 13.7. The lowest BCUT2D eigenvalue weighted by molar-refractivity contribution is 0.248. The van der Waals surface area contributed by atoms with E-state index in [0.29, 0.717) is 0 Å².